The summed E-state index contributed by atoms with van der Waals surface area (Å²) in [6.45, 7) is 2.02. The van der Waals surface area contributed by atoms with E-state index in [-0.39, 0.29) is 11.9 Å². The first-order valence-corrected chi connectivity index (χ1v) is 7.77. The largest absolute Gasteiger partial charge is 0.468 e. The molecule has 0 saturated carbocycles. The number of amides is 1. The second-order valence-corrected chi connectivity index (χ2v) is 6.03. The van der Waals surface area contributed by atoms with Crippen molar-refractivity contribution in [3.63, 3.8) is 0 Å². The number of furan rings is 1. The van der Waals surface area contributed by atoms with Crippen molar-refractivity contribution in [1.82, 2.24) is 10.2 Å². The van der Waals surface area contributed by atoms with Gasteiger partial charge in [-0.1, -0.05) is 6.07 Å². The highest BCUT2D eigenvalue weighted by atomic mass is 32.1. The van der Waals surface area contributed by atoms with Crippen LogP contribution in [0.3, 0.4) is 0 Å². The fourth-order valence-corrected chi connectivity index (χ4v) is 3.30. The second kappa shape index (κ2) is 6.24. The van der Waals surface area contributed by atoms with Gasteiger partial charge in [-0.05, 0) is 43.0 Å². The molecule has 1 amide bonds. The van der Waals surface area contributed by atoms with Gasteiger partial charge in [0.2, 0.25) is 5.91 Å². The van der Waals surface area contributed by atoms with E-state index in [1.54, 1.807) is 17.6 Å². The van der Waals surface area contributed by atoms with Crippen molar-refractivity contribution in [2.45, 2.75) is 25.4 Å². The minimum atomic E-state index is 0.0804. The van der Waals surface area contributed by atoms with Crippen LogP contribution >= 0.6 is 11.3 Å². The molecule has 2 aromatic heterocycles. The smallest absolute Gasteiger partial charge is 0.234 e. The molecule has 5 heteroatoms. The summed E-state index contributed by atoms with van der Waals surface area (Å²) in [5, 5.41) is 5.00. The molecule has 0 bridgehead atoms. The molecule has 1 aliphatic heterocycles. The van der Waals surface area contributed by atoms with Gasteiger partial charge in [0, 0.05) is 4.88 Å². The van der Waals surface area contributed by atoms with Gasteiger partial charge >= 0.3 is 0 Å². The van der Waals surface area contributed by atoms with E-state index in [9.17, 15) is 4.79 Å². The molecule has 3 heterocycles. The van der Waals surface area contributed by atoms with Crippen molar-refractivity contribution in [1.29, 1.82) is 0 Å². The molecule has 1 atom stereocenters. The summed E-state index contributed by atoms with van der Waals surface area (Å²) in [5.74, 6) is 1.05. The van der Waals surface area contributed by atoms with Gasteiger partial charge in [-0.25, -0.2) is 0 Å². The average Bonchev–Trinajstić information content (AvgIpc) is 3.18. The third kappa shape index (κ3) is 3.11. The molecule has 0 unspecified atom stereocenters. The van der Waals surface area contributed by atoms with Crippen LogP contribution in [-0.2, 0) is 11.3 Å². The zero-order valence-corrected chi connectivity index (χ0v) is 12.1. The van der Waals surface area contributed by atoms with Crippen LogP contribution in [0.5, 0.6) is 0 Å². The molecule has 106 valence electrons. The molecule has 1 fully saturated rings. The second-order valence-electron chi connectivity index (χ2n) is 5.00. The third-order valence-electron chi connectivity index (χ3n) is 3.62. The number of nitrogens with one attached hydrogen (secondary N) is 1. The highest BCUT2D eigenvalue weighted by Gasteiger charge is 2.29. The van der Waals surface area contributed by atoms with E-state index in [2.05, 4.69) is 10.2 Å². The van der Waals surface area contributed by atoms with Gasteiger partial charge in [0.15, 0.2) is 0 Å². The molecule has 3 rings (SSSR count). The Labute approximate surface area is 122 Å². The van der Waals surface area contributed by atoms with Gasteiger partial charge in [-0.3, -0.25) is 9.69 Å². The molecule has 1 saturated heterocycles. The summed E-state index contributed by atoms with van der Waals surface area (Å²) in [7, 11) is 0. The summed E-state index contributed by atoms with van der Waals surface area (Å²) in [5.41, 5.74) is 0. The Kier molecular flexibility index (Phi) is 4.18. The van der Waals surface area contributed by atoms with Gasteiger partial charge in [0.1, 0.15) is 5.76 Å². The lowest BCUT2D eigenvalue weighted by Crippen LogP contribution is -2.36. The Balaban J connectivity index is 1.52. The summed E-state index contributed by atoms with van der Waals surface area (Å²) < 4.78 is 5.48. The third-order valence-corrected chi connectivity index (χ3v) is 4.50. The van der Waals surface area contributed by atoms with E-state index < -0.39 is 0 Å². The lowest BCUT2D eigenvalue weighted by Gasteiger charge is -2.21. The predicted octanol–water partition coefficient (Wildman–Crippen LogP) is 2.79. The number of thiophene rings is 1. The SMILES string of the molecule is O=C(CN1CCC[C@H]1c1ccco1)NCc1cccs1. The first-order valence-electron chi connectivity index (χ1n) is 6.89. The molecular weight excluding hydrogens is 272 g/mol. The van der Waals surface area contributed by atoms with Gasteiger partial charge in [-0.15, -0.1) is 11.3 Å². The molecular formula is C15H18N2O2S. The van der Waals surface area contributed by atoms with Crippen LogP contribution in [0.15, 0.2) is 40.3 Å². The van der Waals surface area contributed by atoms with E-state index in [0.717, 1.165) is 25.1 Å². The van der Waals surface area contributed by atoms with Crippen molar-refractivity contribution in [2.24, 2.45) is 0 Å². The maximum Gasteiger partial charge on any atom is 0.234 e. The number of nitrogens with zero attached hydrogens (tertiary/aromatic N) is 1. The fraction of sp³-hybridized carbons (Fsp3) is 0.400. The zero-order chi connectivity index (χ0) is 13.8. The Morgan fingerprint density at radius 1 is 1.45 bits per heavy atom. The number of likely N-dealkylation sites (tertiary alicyclic amines) is 1. The van der Waals surface area contributed by atoms with E-state index in [1.807, 2.05) is 29.6 Å². The molecule has 20 heavy (non-hydrogen) atoms. The lowest BCUT2D eigenvalue weighted by atomic mass is 10.1. The Morgan fingerprint density at radius 2 is 2.40 bits per heavy atom. The van der Waals surface area contributed by atoms with Crippen LogP contribution in [0.4, 0.5) is 0 Å². The highest BCUT2D eigenvalue weighted by Crippen LogP contribution is 2.31. The van der Waals surface area contributed by atoms with Crippen molar-refractivity contribution in [2.75, 3.05) is 13.1 Å². The molecule has 1 N–H and O–H groups in total. The average molecular weight is 290 g/mol. The number of carbonyl (C=O) groups excluding carboxylic acids is 1. The zero-order valence-electron chi connectivity index (χ0n) is 11.2. The number of hydrogen-bond donors (Lipinski definition) is 1. The van der Waals surface area contributed by atoms with Gasteiger partial charge < -0.3 is 9.73 Å². The van der Waals surface area contributed by atoms with E-state index >= 15 is 0 Å². The molecule has 0 aromatic carbocycles. The molecule has 1 aliphatic rings. The maximum absolute atomic E-state index is 12.0. The lowest BCUT2D eigenvalue weighted by molar-refractivity contribution is -0.122. The summed E-state index contributed by atoms with van der Waals surface area (Å²) in [6.07, 6.45) is 3.87. The first kappa shape index (κ1) is 13.4. The minimum absolute atomic E-state index is 0.0804. The fourth-order valence-electron chi connectivity index (χ4n) is 2.66. The Hall–Kier alpha value is -1.59. The van der Waals surface area contributed by atoms with Gasteiger partial charge in [0.25, 0.3) is 0 Å². The quantitative estimate of drug-likeness (QED) is 0.921. The maximum atomic E-state index is 12.0. The van der Waals surface area contributed by atoms with Crippen LogP contribution < -0.4 is 5.32 Å². The van der Waals surface area contributed by atoms with E-state index in [0.29, 0.717) is 13.1 Å². The Bertz CT molecular complexity index is 536. The molecule has 0 spiro atoms. The van der Waals surface area contributed by atoms with Crippen molar-refractivity contribution in [3.8, 4) is 0 Å². The summed E-state index contributed by atoms with van der Waals surface area (Å²) in [4.78, 5) is 15.4. The van der Waals surface area contributed by atoms with Crippen LogP contribution in [0, 0.1) is 0 Å². The standard InChI is InChI=1S/C15H18N2O2S/c18-15(16-10-12-4-3-9-20-12)11-17-7-1-5-13(17)14-6-2-8-19-14/h2-4,6,8-9,13H,1,5,7,10-11H2,(H,16,18)/t13-/m0/s1. The van der Waals surface area contributed by atoms with E-state index in [4.69, 9.17) is 4.42 Å². The van der Waals surface area contributed by atoms with E-state index in [1.165, 1.54) is 4.88 Å². The number of rotatable bonds is 5. The molecule has 4 nitrogen and oxygen atoms in total. The minimum Gasteiger partial charge on any atom is -0.468 e. The van der Waals surface area contributed by atoms with Crippen LogP contribution in [0.25, 0.3) is 0 Å². The molecule has 0 aliphatic carbocycles. The number of hydrogen-bond acceptors (Lipinski definition) is 4. The predicted molar refractivity (Wildman–Crippen MR) is 78.4 cm³/mol. The van der Waals surface area contributed by atoms with Crippen molar-refractivity contribution in [3.05, 3.63) is 46.5 Å². The van der Waals surface area contributed by atoms with Crippen molar-refractivity contribution < 1.29 is 9.21 Å². The Morgan fingerprint density at radius 3 is 3.15 bits per heavy atom. The monoisotopic (exact) mass is 290 g/mol. The summed E-state index contributed by atoms with van der Waals surface area (Å²) in [6, 6.07) is 8.18. The topological polar surface area (TPSA) is 45.5 Å². The molecule has 0 radical (unpaired) electrons. The van der Waals surface area contributed by atoms with Crippen LogP contribution in [-0.4, -0.2) is 23.9 Å². The van der Waals surface area contributed by atoms with Gasteiger partial charge in [0.05, 0.1) is 25.4 Å². The van der Waals surface area contributed by atoms with Crippen molar-refractivity contribution >= 4 is 17.2 Å². The van der Waals surface area contributed by atoms with Crippen LogP contribution in [0.1, 0.15) is 29.5 Å². The first-order chi connectivity index (χ1) is 9.83. The summed E-state index contributed by atoms with van der Waals surface area (Å²) >= 11 is 1.66. The normalized spacial score (nSPS) is 19.3. The molecule has 2 aromatic rings. The highest BCUT2D eigenvalue weighted by molar-refractivity contribution is 7.09. The van der Waals surface area contributed by atoms with Gasteiger partial charge in [-0.2, -0.15) is 0 Å². The van der Waals surface area contributed by atoms with Crippen LogP contribution in [0.2, 0.25) is 0 Å². The number of carbonyl (C=O) groups is 1.